The summed E-state index contributed by atoms with van der Waals surface area (Å²) in [6.45, 7) is 4.41. The van der Waals surface area contributed by atoms with Gasteiger partial charge in [-0.3, -0.25) is 14.9 Å². The Hall–Kier alpha value is -2.15. The largest absolute Gasteiger partial charge is 0.372 e. The topological polar surface area (TPSA) is 75.9 Å². The fourth-order valence-electron chi connectivity index (χ4n) is 2.33. The van der Waals surface area contributed by atoms with Crippen molar-refractivity contribution in [3.05, 3.63) is 34.4 Å². The molecule has 1 amide bonds. The highest BCUT2D eigenvalue weighted by molar-refractivity contribution is 5.80. The average molecular weight is 293 g/mol. The molecule has 1 fully saturated rings. The second kappa shape index (κ2) is 6.53. The first-order valence-electron chi connectivity index (χ1n) is 6.84. The minimum Gasteiger partial charge on any atom is -0.372 e. The van der Waals surface area contributed by atoms with Crippen LogP contribution >= 0.6 is 0 Å². The van der Waals surface area contributed by atoms with Crippen LogP contribution in [-0.4, -0.2) is 55.1 Å². The molecule has 1 aromatic rings. The second-order valence-corrected chi connectivity index (χ2v) is 4.96. The van der Waals surface area contributed by atoms with Crippen LogP contribution in [0.25, 0.3) is 0 Å². The Bertz CT molecular complexity index is 509. The quantitative estimate of drug-likeness (QED) is 0.617. The molecule has 1 aliphatic rings. The zero-order valence-corrected chi connectivity index (χ0v) is 12.2. The molecule has 0 N–H and O–H groups in total. The summed E-state index contributed by atoms with van der Waals surface area (Å²) < 4.78 is 5.04. The van der Waals surface area contributed by atoms with E-state index in [1.807, 2.05) is 0 Å². The molecule has 1 atom stereocenters. The van der Waals surface area contributed by atoms with E-state index in [0.717, 1.165) is 5.69 Å². The van der Waals surface area contributed by atoms with Crippen LogP contribution in [0.15, 0.2) is 24.3 Å². The monoisotopic (exact) mass is 293 g/mol. The zero-order chi connectivity index (χ0) is 15.4. The van der Waals surface area contributed by atoms with Gasteiger partial charge in [0.1, 0.15) is 6.10 Å². The van der Waals surface area contributed by atoms with E-state index in [2.05, 4.69) is 4.90 Å². The van der Waals surface area contributed by atoms with Crippen molar-refractivity contribution in [2.24, 2.45) is 0 Å². The molecule has 0 radical (unpaired) electrons. The molecule has 1 aromatic carbocycles. The summed E-state index contributed by atoms with van der Waals surface area (Å²) in [5.74, 6) is 0.000787. The average Bonchev–Trinajstić information content (AvgIpc) is 2.53. The van der Waals surface area contributed by atoms with Crippen LogP contribution in [0, 0.1) is 10.1 Å². The normalized spacial score (nSPS) is 16.7. The lowest BCUT2D eigenvalue weighted by atomic mass is 10.2. The highest BCUT2D eigenvalue weighted by Crippen LogP contribution is 2.20. The fourth-order valence-corrected chi connectivity index (χ4v) is 2.33. The molecule has 7 heteroatoms. The number of carbonyl (C=O) groups is 1. The molecule has 1 aliphatic heterocycles. The molecule has 0 spiro atoms. The number of nitro groups is 1. The van der Waals surface area contributed by atoms with Crippen LogP contribution in [0.1, 0.15) is 6.92 Å². The number of ether oxygens (including phenoxy) is 1. The SMILES string of the molecule is COC(C)C(=O)N1CCN(c2ccc([N+](=O)[O-])cc2)CC1. The Kier molecular flexibility index (Phi) is 4.74. The Balaban J connectivity index is 1.94. The molecule has 114 valence electrons. The van der Waals surface area contributed by atoms with Crippen molar-refractivity contribution in [3.8, 4) is 0 Å². The zero-order valence-electron chi connectivity index (χ0n) is 12.2. The lowest BCUT2D eigenvalue weighted by Gasteiger charge is -2.36. The third-order valence-corrected chi connectivity index (χ3v) is 3.72. The van der Waals surface area contributed by atoms with Gasteiger partial charge in [0.15, 0.2) is 0 Å². The van der Waals surface area contributed by atoms with E-state index < -0.39 is 11.0 Å². The predicted octanol–water partition coefficient (Wildman–Crippen LogP) is 1.28. The first kappa shape index (κ1) is 15.2. The van der Waals surface area contributed by atoms with Crippen molar-refractivity contribution in [2.75, 3.05) is 38.2 Å². The molecule has 0 bridgehead atoms. The first-order valence-corrected chi connectivity index (χ1v) is 6.84. The van der Waals surface area contributed by atoms with E-state index in [0.29, 0.717) is 26.2 Å². The van der Waals surface area contributed by atoms with Crippen LogP contribution in [0.2, 0.25) is 0 Å². The smallest absolute Gasteiger partial charge is 0.269 e. The van der Waals surface area contributed by atoms with Gasteiger partial charge >= 0.3 is 0 Å². The summed E-state index contributed by atoms with van der Waals surface area (Å²) in [6.07, 6.45) is -0.420. The minimum atomic E-state index is -0.420. The highest BCUT2D eigenvalue weighted by atomic mass is 16.6. The molecule has 1 heterocycles. The van der Waals surface area contributed by atoms with E-state index >= 15 is 0 Å². The van der Waals surface area contributed by atoms with Crippen molar-refractivity contribution in [2.45, 2.75) is 13.0 Å². The number of carbonyl (C=O) groups excluding carboxylic acids is 1. The maximum atomic E-state index is 12.0. The van der Waals surface area contributed by atoms with Gasteiger partial charge in [-0.25, -0.2) is 0 Å². The van der Waals surface area contributed by atoms with Gasteiger partial charge < -0.3 is 14.5 Å². The summed E-state index contributed by atoms with van der Waals surface area (Å²) in [5.41, 5.74) is 1.02. The van der Waals surface area contributed by atoms with Gasteiger partial charge in [-0.1, -0.05) is 0 Å². The van der Waals surface area contributed by atoms with E-state index in [9.17, 15) is 14.9 Å². The number of amides is 1. The number of non-ortho nitro benzene ring substituents is 1. The Labute approximate surface area is 123 Å². The number of nitro benzene ring substituents is 1. The number of nitrogens with zero attached hydrogens (tertiary/aromatic N) is 3. The Morgan fingerprint density at radius 2 is 1.81 bits per heavy atom. The van der Waals surface area contributed by atoms with Crippen molar-refractivity contribution < 1.29 is 14.5 Å². The van der Waals surface area contributed by atoms with E-state index in [1.54, 1.807) is 24.0 Å². The third-order valence-electron chi connectivity index (χ3n) is 3.72. The molecule has 7 nitrogen and oxygen atoms in total. The molecular weight excluding hydrogens is 274 g/mol. The van der Waals surface area contributed by atoms with Crippen molar-refractivity contribution in [1.82, 2.24) is 4.90 Å². The lowest BCUT2D eigenvalue weighted by Crippen LogP contribution is -2.51. The van der Waals surface area contributed by atoms with Crippen LogP contribution in [0.3, 0.4) is 0 Å². The standard InChI is InChI=1S/C14H19N3O4/c1-11(21-2)14(18)16-9-7-15(8-10-16)12-3-5-13(6-4-12)17(19)20/h3-6,11H,7-10H2,1-2H3. The maximum Gasteiger partial charge on any atom is 0.269 e. The van der Waals surface area contributed by atoms with Gasteiger partial charge in [-0.15, -0.1) is 0 Å². The Morgan fingerprint density at radius 1 is 1.24 bits per heavy atom. The molecule has 1 saturated heterocycles. The van der Waals surface area contributed by atoms with Gasteiger partial charge in [-0.2, -0.15) is 0 Å². The molecular formula is C14H19N3O4. The minimum absolute atomic E-state index is 0.000787. The van der Waals surface area contributed by atoms with E-state index in [-0.39, 0.29) is 11.6 Å². The van der Waals surface area contributed by atoms with E-state index in [4.69, 9.17) is 4.74 Å². The third kappa shape index (κ3) is 3.49. The van der Waals surface area contributed by atoms with Gasteiger partial charge in [0.05, 0.1) is 4.92 Å². The summed E-state index contributed by atoms with van der Waals surface area (Å²) in [5, 5.41) is 10.6. The molecule has 0 saturated carbocycles. The van der Waals surface area contributed by atoms with Gasteiger partial charge in [0, 0.05) is 51.1 Å². The van der Waals surface area contributed by atoms with E-state index in [1.165, 1.54) is 19.2 Å². The van der Waals surface area contributed by atoms with Crippen molar-refractivity contribution in [1.29, 1.82) is 0 Å². The van der Waals surface area contributed by atoms with Crippen molar-refractivity contribution >= 4 is 17.3 Å². The number of piperazine rings is 1. The highest BCUT2D eigenvalue weighted by Gasteiger charge is 2.24. The number of anilines is 1. The second-order valence-electron chi connectivity index (χ2n) is 4.96. The van der Waals surface area contributed by atoms with Crippen molar-refractivity contribution in [3.63, 3.8) is 0 Å². The summed E-state index contributed by atoms with van der Waals surface area (Å²) in [4.78, 5) is 26.1. The summed E-state index contributed by atoms with van der Waals surface area (Å²) in [7, 11) is 1.52. The van der Waals surface area contributed by atoms with Crippen LogP contribution in [0.4, 0.5) is 11.4 Å². The summed E-state index contributed by atoms with van der Waals surface area (Å²) >= 11 is 0. The number of rotatable bonds is 4. The first-order chi connectivity index (χ1) is 10.0. The van der Waals surface area contributed by atoms with Gasteiger partial charge in [0.25, 0.3) is 11.6 Å². The van der Waals surface area contributed by atoms with Gasteiger partial charge in [-0.05, 0) is 19.1 Å². The Morgan fingerprint density at radius 3 is 2.29 bits per heavy atom. The van der Waals surface area contributed by atoms with Crippen LogP contribution in [0.5, 0.6) is 0 Å². The molecule has 1 unspecified atom stereocenters. The fraction of sp³-hybridized carbons (Fsp3) is 0.500. The number of methoxy groups -OCH3 is 1. The lowest BCUT2D eigenvalue weighted by molar-refractivity contribution is -0.384. The van der Waals surface area contributed by atoms with Crippen LogP contribution < -0.4 is 4.90 Å². The molecule has 0 aliphatic carbocycles. The number of hydrogen-bond donors (Lipinski definition) is 0. The number of hydrogen-bond acceptors (Lipinski definition) is 5. The maximum absolute atomic E-state index is 12.0. The molecule has 21 heavy (non-hydrogen) atoms. The number of benzene rings is 1. The van der Waals surface area contributed by atoms with Crippen LogP contribution in [-0.2, 0) is 9.53 Å². The molecule has 2 rings (SSSR count). The summed E-state index contributed by atoms with van der Waals surface area (Å²) in [6, 6.07) is 6.49. The molecule has 0 aromatic heterocycles. The predicted molar refractivity (Wildman–Crippen MR) is 78.4 cm³/mol. The van der Waals surface area contributed by atoms with Gasteiger partial charge in [0.2, 0.25) is 0 Å².